The highest BCUT2D eigenvalue weighted by atomic mass is 19.1. The Bertz CT molecular complexity index is 819. The minimum Gasteiger partial charge on any atom is -0.380 e. The summed E-state index contributed by atoms with van der Waals surface area (Å²) in [6.45, 7) is 2.75. The van der Waals surface area contributed by atoms with Crippen molar-refractivity contribution in [2.75, 3.05) is 11.9 Å². The van der Waals surface area contributed by atoms with E-state index in [0.717, 1.165) is 18.4 Å². The Morgan fingerprint density at radius 3 is 2.54 bits per heavy atom. The van der Waals surface area contributed by atoms with Crippen molar-refractivity contribution in [2.24, 2.45) is 0 Å². The first kappa shape index (κ1) is 17.8. The molecule has 0 radical (unpaired) electrons. The predicted octanol–water partition coefficient (Wildman–Crippen LogP) is 3.97. The second kappa shape index (κ2) is 7.51. The number of hydrogen-bond donors (Lipinski definition) is 1. The van der Waals surface area contributed by atoms with E-state index in [1.807, 2.05) is 6.92 Å². The molecular formula is C19H20FN3O3. The largest absolute Gasteiger partial charge is 0.380 e. The number of carbonyl (C=O) groups excluding carboxylic acids is 1. The van der Waals surface area contributed by atoms with Crippen LogP contribution in [0, 0.1) is 15.9 Å². The summed E-state index contributed by atoms with van der Waals surface area (Å²) in [5.74, 6) is -0.573. The van der Waals surface area contributed by atoms with Gasteiger partial charge in [0.2, 0.25) is 0 Å². The maximum absolute atomic E-state index is 13.1. The van der Waals surface area contributed by atoms with Gasteiger partial charge >= 0.3 is 0 Å². The van der Waals surface area contributed by atoms with Crippen LogP contribution in [0.15, 0.2) is 42.5 Å². The standard InChI is InChI=1S/C19H20FN3O3/c1-2-21-17-10-5-14(11-18(17)23(25)26)19(24)22(16-8-9-16)12-13-3-6-15(20)7-4-13/h3-7,10-11,16,21H,2,8-9,12H2,1H3. The topological polar surface area (TPSA) is 75.5 Å². The number of hydrogen-bond acceptors (Lipinski definition) is 4. The number of halogens is 1. The Labute approximate surface area is 150 Å². The van der Waals surface area contributed by atoms with E-state index in [9.17, 15) is 19.3 Å². The molecule has 0 aliphatic heterocycles. The lowest BCUT2D eigenvalue weighted by Crippen LogP contribution is -2.32. The Morgan fingerprint density at radius 2 is 1.96 bits per heavy atom. The molecule has 0 heterocycles. The van der Waals surface area contributed by atoms with Crippen molar-refractivity contribution in [1.82, 2.24) is 4.90 Å². The number of nitro groups is 1. The van der Waals surface area contributed by atoms with E-state index in [1.165, 1.54) is 18.2 Å². The Kier molecular flexibility index (Phi) is 5.16. The maximum Gasteiger partial charge on any atom is 0.293 e. The van der Waals surface area contributed by atoms with Crippen molar-refractivity contribution >= 4 is 17.3 Å². The molecule has 3 rings (SSSR count). The van der Waals surface area contributed by atoms with Crippen molar-refractivity contribution in [3.05, 3.63) is 69.5 Å². The number of benzene rings is 2. The predicted molar refractivity (Wildman–Crippen MR) is 96.6 cm³/mol. The fraction of sp³-hybridized carbons (Fsp3) is 0.316. The summed E-state index contributed by atoms with van der Waals surface area (Å²) in [5, 5.41) is 14.2. The van der Waals surface area contributed by atoms with Gasteiger partial charge in [-0.2, -0.15) is 0 Å². The summed E-state index contributed by atoms with van der Waals surface area (Å²) in [4.78, 5) is 25.5. The van der Waals surface area contributed by atoms with Crippen LogP contribution in [0.3, 0.4) is 0 Å². The lowest BCUT2D eigenvalue weighted by Gasteiger charge is -2.23. The molecule has 2 aromatic carbocycles. The van der Waals surface area contributed by atoms with Gasteiger partial charge in [0, 0.05) is 30.8 Å². The molecular weight excluding hydrogens is 337 g/mol. The van der Waals surface area contributed by atoms with E-state index in [-0.39, 0.29) is 29.0 Å². The molecule has 26 heavy (non-hydrogen) atoms. The van der Waals surface area contributed by atoms with Gasteiger partial charge in [0.1, 0.15) is 11.5 Å². The van der Waals surface area contributed by atoms with Gasteiger partial charge in [0.15, 0.2) is 0 Å². The number of nitrogens with one attached hydrogen (secondary N) is 1. The molecule has 1 amide bonds. The van der Waals surface area contributed by atoms with Crippen molar-refractivity contribution < 1.29 is 14.1 Å². The zero-order valence-corrected chi connectivity index (χ0v) is 14.4. The SMILES string of the molecule is CCNc1ccc(C(=O)N(Cc2ccc(F)cc2)C2CC2)cc1[N+](=O)[O-]. The molecule has 2 aromatic rings. The van der Waals surface area contributed by atoms with E-state index >= 15 is 0 Å². The Hall–Kier alpha value is -2.96. The van der Waals surface area contributed by atoms with E-state index in [4.69, 9.17) is 0 Å². The summed E-state index contributed by atoms with van der Waals surface area (Å²) in [6, 6.07) is 10.6. The van der Waals surface area contributed by atoms with Gasteiger partial charge in [-0.15, -0.1) is 0 Å². The van der Waals surface area contributed by atoms with Crippen molar-refractivity contribution in [3.8, 4) is 0 Å². The van der Waals surface area contributed by atoms with Gasteiger partial charge in [0.25, 0.3) is 11.6 Å². The number of amides is 1. The molecule has 0 aromatic heterocycles. The molecule has 7 heteroatoms. The summed E-state index contributed by atoms with van der Waals surface area (Å²) >= 11 is 0. The first-order valence-corrected chi connectivity index (χ1v) is 8.57. The fourth-order valence-electron chi connectivity index (χ4n) is 2.86. The summed E-state index contributed by atoms with van der Waals surface area (Å²) in [5.41, 5.74) is 1.39. The van der Waals surface area contributed by atoms with Gasteiger partial charge < -0.3 is 10.2 Å². The second-order valence-electron chi connectivity index (χ2n) is 6.31. The number of rotatable bonds is 7. The zero-order chi connectivity index (χ0) is 18.7. The average Bonchev–Trinajstić information content (AvgIpc) is 3.46. The molecule has 1 fully saturated rings. The minimum absolute atomic E-state index is 0.116. The van der Waals surface area contributed by atoms with Crippen LogP contribution >= 0.6 is 0 Å². The maximum atomic E-state index is 13.1. The van der Waals surface area contributed by atoms with Crippen LogP contribution < -0.4 is 5.32 Å². The Morgan fingerprint density at radius 1 is 1.27 bits per heavy atom. The van der Waals surface area contributed by atoms with Crippen LogP contribution in [-0.2, 0) is 6.54 Å². The molecule has 0 spiro atoms. The normalized spacial score (nSPS) is 13.3. The number of nitro benzene ring substituents is 1. The fourth-order valence-corrected chi connectivity index (χ4v) is 2.86. The first-order chi connectivity index (χ1) is 12.5. The van der Waals surface area contributed by atoms with E-state index in [0.29, 0.717) is 18.8 Å². The van der Waals surface area contributed by atoms with Crippen LogP contribution in [0.2, 0.25) is 0 Å². The third-order valence-electron chi connectivity index (χ3n) is 4.32. The highest BCUT2D eigenvalue weighted by Crippen LogP contribution is 2.32. The molecule has 1 aliphatic carbocycles. The number of carbonyl (C=O) groups is 1. The van der Waals surface area contributed by atoms with Crippen molar-refractivity contribution in [2.45, 2.75) is 32.4 Å². The molecule has 1 aliphatic rings. The van der Waals surface area contributed by atoms with Crippen LogP contribution in [0.1, 0.15) is 35.7 Å². The second-order valence-corrected chi connectivity index (χ2v) is 6.31. The quantitative estimate of drug-likeness (QED) is 0.601. The Balaban J connectivity index is 1.86. The van der Waals surface area contributed by atoms with E-state index in [2.05, 4.69) is 5.32 Å². The highest BCUT2D eigenvalue weighted by molar-refractivity contribution is 5.96. The van der Waals surface area contributed by atoms with Crippen molar-refractivity contribution in [1.29, 1.82) is 0 Å². The van der Waals surface area contributed by atoms with E-state index < -0.39 is 4.92 Å². The highest BCUT2D eigenvalue weighted by Gasteiger charge is 2.33. The van der Waals surface area contributed by atoms with Crippen LogP contribution in [0.4, 0.5) is 15.8 Å². The van der Waals surface area contributed by atoms with E-state index in [1.54, 1.807) is 29.2 Å². The first-order valence-electron chi connectivity index (χ1n) is 8.57. The average molecular weight is 357 g/mol. The molecule has 0 atom stereocenters. The minimum atomic E-state index is -0.490. The van der Waals surface area contributed by atoms with Crippen LogP contribution in [-0.4, -0.2) is 28.3 Å². The summed E-state index contributed by atoms with van der Waals surface area (Å²) < 4.78 is 13.1. The monoisotopic (exact) mass is 357 g/mol. The van der Waals surface area contributed by atoms with Gasteiger partial charge in [-0.3, -0.25) is 14.9 Å². The third-order valence-corrected chi connectivity index (χ3v) is 4.32. The van der Waals surface area contributed by atoms with Crippen LogP contribution in [0.5, 0.6) is 0 Å². The zero-order valence-electron chi connectivity index (χ0n) is 14.4. The van der Waals surface area contributed by atoms with Crippen LogP contribution in [0.25, 0.3) is 0 Å². The third kappa shape index (κ3) is 3.99. The summed E-state index contributed by atoms with van der Waals surface area (Å²) in [6.07, 6.45) is 1.81. The number of nitrogens with zero attached hydrogens (tertiary/aromatic N) is 2. The van der Waals surface area contributed by atoms with Crippen molar-refractivity contribution in [3.63, 3.8) is 0 Å². The molecule has 0 bridgehead atoms. The molecule has 1 N–H and O–H groups in total. The summed E-state index contributed by atoms with van der Waals surface area (Å²) in [7, 11) is 0. The molecule has 136 valence electrons. The molecule has 1 saturated carbocycles. The smallest absolute Gasteiger partial charge is 0.293 e. The molecule has 6 nitrogen and oxygen atoms in total. The molecule has 0 unspecified atom stereocenters. The van der Waals surface area contributed by atoms with Gasteiger partial charge in [-0.1, -0.05) is 12.1 Å². The lowest BCUT2D eigenvalue weighted by molar-refractivity contribution is -0.384. The van der Waals surface area contributed by atoms with Gasteiger partial charge in [-0.25, -0.2) is 4.39 Å². The lowest BCUT2D eigenvalue weighted by atomic mass is 10.1. The van der Waals surface area contributed by atoms with Gasteiger partial charge in [0.05, 0.1) is 4.92 Å². The molecule has 0 saturated heterocycles. The van der Waals surface area contributed by atoms with Gasteiger partial charge in [-0.05, 0) is 49.6 Å². The number of anilines is 1.